The van der Waals surface area contributed by atoms with Crippen molar-refractivity contribution in [1.82, 2.24) is 10.9 Å². The molecule has 26 heavy (non-hydrogen) atoms. The molecule has 0 atom stereocenters. The highest BCUT2D eigenvalue weighted by atomic mass is 16.5. The molecule has 3 rings (SSSR count). The zero-order chi connectivity index (χ0) is 18.5. The van der Waals surface area contributed by atoms with Crippen molar-refractivity contribution in [2.75, 3.05) is 6.61 Å². The fourth-order valence-electron chi connectivity index (χ4n) is 2.40. The van der Waals surface area contributed by atoms with Gasteiger partial charge in [0.25, 0.3) is 11.8 Å². The lowest BCUT2D eigenvalue weighted by atomic mass is 10.2. The highest BCUT2D eigenvalue weighted by molar-refractivity contribution is 6.01. The van der Waals surface area contributed by atoms with Gasteiger partial charge in [-0.05, 0) is 31.2 Å². The van der Waals surface area contributed by atoms with Gasteiger partial charge in [0.2, 0.25) is 0 Å². The van der Waals surface area contributed by atoms with E-state index in [1.54, 1.807) is 55.5 Å². The first-order chi connectivity index (χ1) is 12.6. The average molecular weight is 352 g/mol. The summed E-state index contributed by atoms with van der Waals surface area (Å²) in [5.74, 6) is -0.939. The summed E-state index contributed by atoms with van der Waals surface area (Å²) < 4.78 is 10.5. The van der Waals surface area contributed by atoms with E-state index in [0.29, 0.717) is 23.3 Å². The van der Waals surface area contributed by atoms with E-state index in [9.17, 15) is 14.4 Å². The summed E-state index contributed by atoms with van der Waals surface area (Å²) in [6.45, 7) is 2.20. The normalized spacial score (nSPS) is 10.3. The number of carbonyl (C=O) groups is 2. The molecule has 7 heteroatoms. The van der Waals surface area contributed by atoms with Crippen LogP contribution in [0.1, 0.15) is 27.6 Å². The number of nitrogens with one attached hydrogen (secondary N) is 2. The average Bonchev–Trinajstić information content (AvgIpc) is 2.66. The lowest BCUT2D eigenvalue weighted by molar-refractivity contribution is 0.0842. The van der Waals surface area contributed by atoms with Crippen LogP contribution >= 0.6 is 0 Å². The smallest absolute Gasteiger partial charge is 0.349 e. The lowest BCUT2D eigenvalue weighted by Gasteiger charge is -2.11. The van der Waals surface area contributed by atoms with E-state index in [-0.39, 0.29) is 11.1 Å². The van der Waals surface area contributed by atoms with Crippen molar-refractivity contribution in [2.24, 2.45) is 0 Å². The Balaban J connectivity index is 1.76. The molecule has 3 aromatic rings. The molecular formula is C19H16N2O5. The predicted octanol–water partition coefficient (Wildman–Crippen LogP) is 2.27. The van der Waals surface area contributed by atoms with Gasteiger partial charge in [-0.1, -0.05) is 30.3 Å². The number of fused-ring (bicyclic) bond motifs is 1. The number of hydrogen-bond donors (Lipinski definition) is 2. The van der Waals surface area contributed by atoms with Crippen molar-refractivity contribution in [3.05, 3.63) is 76.1 Å². The van der Waals surface area contributed by atoms with Crippen LogP contribution < -0.4 is 21.2 Å². The monoisotopic (exact) mass is 352 g/mol. The minimum Gasteiger partial charge on any atom is -0.493 e. The number of carbonyl (C=O) groups excluding carboxylic acids is 2. The van der Waals surface area contributed by atoms with Gasteiger partial charge >= 0.3 is 5.63 Å². The van der Waals surface area contributed by atoms with Crippen molar-refractivity contribution in [1.29, 1.82) is 0 Å². The van der Waals surface area contributed by atoms with E-state index in [2.05, 4.69) is 10.9 Å². The zero-order valence-corrected chi connectivity index (χ0v) is 13.9. The van der Waals surface area contributed by atoms with E-state index in [1.165, 1.54) is 6.07 Å². The van der Waals surface area contributed by atoms with Crippen LogP contribution in [0.15, 0.2) is 63.8 Å². The van der Waals surface area contributed by atoms with Gasteiger partial charge in [-0.15, -0.1) is 0 Å². The Hall–Kier alpha value is -3.61. The fraction of sp³-hybridized carbons (Fsp3) is 0.105. The third-order valence-electron chi connectivity index (χ3n) is 3.61. The van der Waals surface area contributed by atoms with Gasteiger partial charge in [0.05, 0.1) is 12.2 Å². The number of rotatable bonds is 4. The van der Waals surface area contributed by atoms with E-state index >= 15 is 0 Å². The van der Waals surface area contributed by atoms with Crippen LogP contribution in [0.5, 0.6) is 5.75 Å². The molecule has 0 fully saturated rings. The van der Waals surface area contributed by atoms with Gasteiger partial charge in [-0.3, -0.25) is 20.4 Å². The van der Waals surface area contributed by atoms with Crippen LogP contribution in [0.3, 0.4) is 0 Å². The van der Waals surface area contributed by atoms with Gasteiger partial charge in [0.1, 0.15) is 16.9 Å². The molecule has 0 aliphatic heterocycles. The van der Waals surface area contributed by atoms with Crippen molar-refractivity contribution in [3.8, 4) is 5.75 Å². The summed E-state index contributed by atoms with van der Waals surface area (Å²) >= 11 is 0. The van der Waals surface area contributed by atoms with Crippen LogP contribution in [-0.4, -0.2) is 18.4 Å². The molecule has 1 heterocycles. The van der Waals surface area contributed by atoms with Gasteiger partial charge in [-0.25, -0.2) is 4.79 Å². The molecule has 0 aliphatic carbocycles. The topological polar surface area (TPSA) is 97.6 Å². The van der Waals surface area contributed by atoms with Crippen molar-refractivity contribution >= 4 is 22.8 Å². The summed E-state index contributed by atoms with van der Waals surface area (Å²) in [7, 11) is 0. The Morgan fingerprint density at radius 1 is 0.962 bits per heavy atom. The number of benzene rings is 2. The van der Waals surface area contributed by atoms with E-state index in [4.69, 9.17) is 9.15 Å². The Labute approximate surface area is 148 Å². The molecule has 2 N–H and O–H groups in total. The molecule has 1 aromatic heterocycles. The number of hydrazine groups is 1. The highest BCUT2D eigenvalue weighted by Crippen LogP contribution is 2.17. The minimum absolute atomic E-state index is 0.206. The van der Waals surface area contributed by atoms with Gasteiger partial charge in [0, 0.05) is 5.39 Å². The molecule has 0 bridgehead atoms. The maximum absolute atomic E-state index is 12.3. The van der Waals surface area contributed by atoms with Crippen LogP contribution in [0.25, 0.3) is 11.0 Å². The number of hydrogen-bond acceptors (Lipinski definition) is 5. The van der Waals surface area contributed by atoms with Crippen molar-refractivity contribution in [2.45, 2.75) is 6.92 Å². The number of para-hydroxylation sites is 2. The summed E-state index contributed by atoms with van der Waals surface area (Å²) in [5.41, 5.74) is 4.14. The quantitative estimate of drug-likeness (QED) is 0.554. The molecule has 0 aliphatic rings. The Morgan fingerprint density at radius 3 is 2.38 bits per heavy atom. The van der Waals surface area contributed by atoms with Crippen molar-refractivity contribution < 1.29 is 18.7 Å². The molecule has 2 amide bonds. The fourth-order valence-corrected chi connectivity index (χ4v) is 2.40. The van der Waals surface area contributed by atoms with Crippen LogP contribution in [0, 0.1) is 0 Å². The summed E-state index contributed by atoms with van der Waals surface area (Å²) in [6.07, 6.45) is 0. The summed E-state index contributed by atoms with van der Waals surface area (Å²) in [6, 6.07) is 14.9. The van der Waals surface area contributed by atoms with E-state index in [0.717, 1.165) is 0 Å². The first-order valence-corrected chi connectivity index (χ1v) is 7.95. The molecule has 0 saturated carbocycles. The standard InChI is InChI=1S/C19H16N2O5/c1-2-25-16-10-6-4-8-13(16)17(22)20-21-18(23)14-11-12-7-3-5-9-15(12)26-19(14)24/h3-11H,2H2,1H3,(H,20,22)(H,21,23). The maximum Gasteiger partial charge on any atom is 0.349 e. The second-order valence-electron chi connectivity index (χ2n) is 5.32. The molecule has 0 saturated heterocycles. The maximum atomic E-state index is 12.3. The van der Waals surface area contributed by atoms with E-state index in [1.807, 2.05) is 0 Å². The predicted molar refractivity (Wildman–Crippen MR) is 95.0 cm³/mol. The van der Waals surface area contributed by atoms with Crippen LogP contribution in [0.2, 0.25) is 0 Å². The summed E-state index contributed by atoms with van der Waals surface area (Å²) in [5, 5.41) is 0.602. The number of ether oxygens (including phenoxy) is 1. The van der Waals surface area contributed by atoms with Gasteiger partial charge in [-0.2, -0.15) is 0 Å². The van der Waals surface area contributed by atoms with Crippen molar-refractivity contribution in [3.63, 3.8) is 0 Å². The summed E-state index contributed by atoms with van der Waals surface area (Å²) in [4.78, 5) is 36.5. The Bertz CT molecular complexity index is 1030. The van der Waals surface area contributed by atoms with E-state index < -0.39 is 17.4 Å². The molecule has 0 spiro atoms. The first kappa shape index (κ1) is 17.2. The Morgan fingerprint density at radius 2 is 1.62 bits per heavy atom. The first-order valence-electron chi connectivity index (χ1n) is 7.95. The minimum atomic E-state index is -0.787. The third kappa shape index (κ3) is 3.56. The second kappa shape index (κ2) is 7.52. The zero-order valence-electron chi connectivity index (χ0n) is 13.9. The molecule has 2 aromatic carbocycles. The molecule has 0 unspecified atom stereocenters. The van der Waals surface area contributed by atoms with Crippen LogP contribution in [-0.2, 0) is 0 Å². The van der Waals surface area contributed by atoms with Crippen LogP contribution in [0.4, 0.5) is 0 Å². The third-order valence-corrected chi connectivity index (χ3v) is 3.61. The largest absolute Gasteiger partial charge is 0.493 e. The Kier molecular flexibility index (Phi) is 4.98. The lowest BCUT2D eigenvalue weighted by Crippen LogP contribution is -2.43. The van der Waals surface area contributed by atoms with Gasteiger partial charge in [0.15, 0.2) is 0 Å². The molecule has 0 radical (unpaired) electrons. The SMILES string of the molecule is CCOc1ccccc1C(=O)NNC(=O)c1cc2ccccc2oc1=O. The van der Waals surface area contributed by atoms with Gasteiger partial charge < -0.3 is 9.15 Å². The molecule has 7 nitrogen and oxygen atoms in total. The molecular weight excluding hydrogens is 336 g/mol. The highest BCUT2D eigenvalue weighted by Gasteiger charge is 2.16. The molecule has 132 valence electrons. The number of amides is 2. The second-order valence-corrected chi connectivity index (χ2v) is 5.32.